The lowest BCUT2D eigenvalue weighted by Gasteiger charge is -2.10. The Labute approximate surface area is 140 Å². The topological polar surface area (TPSA) is 37.3 Å². The van der Waals surface area contributed by atoms with Gasteiger partial charge in [-0.3, -0.25) is 4.79 Å². The Morgan fingerprint density at radius 2 is 1.43 bits per heavy atom. The van der Waals surface area contributed by atoms with Crippen LogP contribution in [0.1, 0.15) is 90.9 Å². The lowest BCUT2D eigenvalue weighted by molar-refractivity contribution is -0.136. The number of carboxylic acids is 1. The fourth-order valence-corrected chi connectivity index (χ4v) is 3.62. The molecule has 0 aliphatic heterocycles. The molecule has 1 atom stereocenters. The molecule has 0 spiro atoms. The fourth-order valence-electron chi connectivity index (χ4n) is 2.28. The summed E-state index contributed by atoms with van der Waals surface area (Å²) in [7, 11) is 0. The molecule has 0 aromatic carbocycles. The predicted molar refractivity (Wildman–Crippen MR) is 98.4 cm³/mol. The van der Waals surface area contributed by atoms with Crippen molar-refractivity contribution in [2.24, 2.45) is 0 Å². The second-order valence-corrected chi connectivity index (χ2v) is 7.71. The van der Waals surface area contributed by atoms with Crippen LogP contribution in [0, 0.1) is 0 Å². The van der Waals surface area contributed by atoms with E-state index in [4.69, 9.17) is 17.3 Å². The van der Waals surface area contributed by atoms with E-state index in [1.165, 1.54) is 69.5 Å². The number of thioether (sulfide) groups is 1. The maximum Gasteiger partial charge on any atom is 0.316 e. The quantitative estimate of drug-likeness (QED) is 0.302. The molecule has 21 heavy (non-hydrogen) atoms. The van der Waals surface area contributed by atoms with Gasteiger partial charge in [0, 0.05) is 4.20 Å². The van der Waals surface area contributed by atoms with Crippen molar-refractivity contribution in [3.8, 4) is 0 Å². The maximum absolute atomic E-state index is 10.9. The molecule has 2 nitrogen and oxygen atoms in total. The molecule has 0 radical (unpaired) electrons. The van der Waals surface area contributed by atoms with Crippen molar-refractivity contribution >= 4 is 34.1 Å². The summed E-state index contributed by atoms with van der Waals surface area (Å²) in [6.07, 6.45) is 14.7. The van der Waals surface area contributed by atoms with Crippen LogP contribution in [-0.2, 0) is 4.79 Å². The number of aliphatic carboxylic acids is 1. The number of hydrogen-bond donors (Lipinski definition) is 1. The zero-order chi connectivity index (χ0) is 15.9. The van der Waals surface area contributed by atoms with E-state index in [0.717, 1.165) is 17.0 Å². The van der Waals surface area contributed by atoms with Crippen LogP contribution < -0.4 is 0 Å². The molecule has 0 amide bonds. The first kappa shape index (κ1) is 20.9. The molecule has 0 rings (SSSR count). The molecule has 0 heterocycles. The summed E-state index contributed by atoms with van der Waals surface area (Å²) in [5, 5.41) is 8.63. The molecule has 0 aliphatic rings. The van der Waals surface area contributed by atoms with E-state index in [0.29, 0.717) is 6.42 Å². The van der Waals surface area contributed by atoms with Gasteiger partial charge in [0.05, 0.1) is 0 Å². The van der Waals surface area contributed by atoms with Crippen LogP contribution in [0.4, 0.5) is 0 Å². The first-order valence-electron chi connectivity index (χ1n) is 8.54. The van der Waals surface area contributed by atoms with Gasteiger partial charge < -0.3 is 5.11 Å². The minimum Gasteiger partial charge on any atom is -0.480 e. The van der Waals surface area contributed by atoms with Crippen LogP contribution in [0.15, 0.2) is 0 Å². The molecule has 1 N–H and O–H groups in total. The Bertz CT molecular complexity index is 280. The normalized spacial score (nSPS) is 12.3. The zero-order valence-electron chi connectivity index (χ0n) is 13.7. The van der Waals surface area contributed by atoms with E-state index in [2.05, 4.69) is 6.92 Å². The second-order valence-electron chi connectivity index (χ2n) is 5.66. The van der Waals surface area contributed by atoms with E-state index in [1.54, 1.807) is 0 Å². The second kappa shape index (κ2) is 14.8. The number of carbonyl (C=O) groups is 1. The van der Waals surface area contributed by atoms with Gasteiger partial charge in [0.15, 0.2) is 0 Å². The molecule has 0 bridgehead atoms. The van der Waals surface area contributed by atoms with Gasteiger partial charge in [0.2, 0.25) is 0 Å². The van der Waals surface area contributed by atoms with Gasteiger partial charge in [0.1, 0.15) is 5.25 Å². The third-order valence-corrected chi connectivity index (χ3v) is 5.43. The summed E-state index contributed by atoms with van der Waals surface area (Å²) in [6, 6.07) is 0. The first-order chi connectivity index (χ1) is 10.1. The molecule has 4 heteroatoms. The van der Waals surface area contributed by atoms with Gasteiger partial charge in [-0.15, -0.1) is 11.8 Å². The number of hydrogen-bond acceptors (Lipinski definition) is 3. The standard InChI is InChI=1S/C17H32O2S2/c1-3-5-6-7-8-9-10-11-12-13-14-16(20)21-15(4-2)17(18)19/h15H,3-14H2,1-2H3,(H,18,19). The van der Waals surface area contributed by atoms with Gasteiger partial charge in [-0.2, -0.15) is 0 Å². The number of thiocarbonyl (C=S) groups is 1. The fraction of sp³-hybridized carbons (Fsp3) is 0.882. The Kier molecular flexibility index (Phi) is 14.8. The van der Waals surface area contributed by atoms with Crippen molar-refractivity contribution in [1.82, 2.24) is 0 Å². The Balaban J connectivity index is 3.38. The lowest BCUT2D eigenvalue weighted by atomic mass is 10.1. The Morgan fingerprint density at radius 3 is 1.86 bits per heavy atom. The van der Waals surface area contributed by atoms with Crippen LogP contribution in [-0.4, -0.2) is 20.5 Å². The molecule has 0 saturated heterocycles. The summed E-state index contributed by atoms with van der Waals surface area (Å²) in [5.74, 6) is -0.743. The minimum atomic E-state index is -0.743. The van der Waals surface area contributed by atoms with Crippen molar-refractivity contribution < 1.29 is 9.90 Å². The molecule has 0 aromatic rings. The van der Waals surface area contributed by atoms with Crippen molar-refractivity contribution in [2.75, 3.05) is 0 Å². The van der Waals surface area contributed by atoms with E-state index < -0.39 is 5.97 Å². The highest BCUT2D eigenvalue weighted by Crippen LogP contribution is 2.21. The van der Waals surface area contributed by atoms with E-state index >= 15 is 0 Å². The molecule has 0 fully saturated rings. The summed E-state index contributed by atoms with van der Waals surface area (Å²) in [4.78, 5) is 10.9. The van der Waals surface area contributed by atoms with E-state index in [9.17, 15) is 4.79 Å². The lowest BCUT2D eigenvalue weighted by Crippen LogP contribution is -2.16. The molecule has 0 saturated carbocycles. The highest BCUT2D eigenvalue weighted by atomic mass is 32.2. The van der Waals surface area contributed by atoms with Crippen molar-refractivity contribution in [3.63, 3.8) is 0 Å². The first-order valence-corrected chi connectivity index (χ1v) is 9.82. The summed E-state index contributed by atoms with van der Waals surface area (Å²) >= 11 is 6.64. The summed E-state index contributed by atoms with van der Waals surface area (Å²) < 4.78 is 0.865. The Hall–Kier alpha value is -0.0900. The maximum atomic E-state index is 10.9. The number of rotatable bonds is 14. The SMILES string of the molecule is CCCCCCCCCCCCC(=S)SC(CC)C(=O)O. The van der Waals surface area contributed by atoms with E-state index in [1.807, 2.05) is 6.92 Å². The number of unbranched alkanes of at least 4 members (excludes halogenated alkanes) is 9. The molecule has 0 aliphatic carbocycles. The zero-order valence-corrected chi connectivity index (χ0v) is 15.4. The van der Waals surface area contributed by atoms with Crippen molar-refractivity contribution in [2.45, 2.75) is 96.1 Å². The van der Waals surface area contributed by atoms with Crippen molar-refractivity contribution in [3.05, 3.63) is 0 Å². The molecule has 0 aromatic heterocycles. The number of carboxylic acid groups (broad SMARTS) is 1. The van der Waals surface area contributed by atoms with Gasteiger partial charge in [0.25, 0.3) is 0 Å². The average Bonchev–Trinajstić information content (AvgIpc) is 2.46. The van der Waals surface area contributed by atoms with Crippen LogP contribution in [0.5, 0.6) is 0 Å². The van der Waals surface area contributed by atoms with Crippen molar-refractivity contribution in [1.29, 1.82) is 0 Å². The van der Waals surface area contributed by atoms with E-state index in [-0.39, 0.29) is 5.25 Å². The monoisotopic (exact) mass is 332 g/mol. The summed E-state index contributed by atoms with van der Waals surface area (Å²) in [5.41, 5.74) is 0. The molecular formula is C17H32O2S2. The highest BCUT2D eigenvalue weighted by molar-refractivity contribution is 8.23. The summed E-state index contributed by atoms with van der Waals surface area (Å²) in [6.45, 7) is 4.15. The minimum absolute atomic E-state index is 0.361. The van der Waals surface area contributed by atoms with Gasteiger partial charge in [-0.25, -0.2) is 0 Å². The van der Waals surface area contributed by atoms with Gasteiger partial charge in [-0.05, 0) is 19.3 Å². The predicted octanol–water partition coefficient (Wildman–Crippen LogP) is 6.22. The largest absolute Gasteiger partial charge is 0.480 e. The molecule has 124 valence electrons. The smallest absolute Gasteiger partial charge is 0.316 e. The average molecular weight is 333 g/mol. The third-order valence-electron chi connectivity index (χ3n) is 3.65. The van der Waals surface area contributed by atoms with Crippen LogP contribution in [0.3, 0.4) is 0 Å². The Morgan fingerprint density at radius 1 is 0.952 bits per heavy atom. The molecular weight excluding hydrogens is 300 g/mol. The third kappa shape index (κ3) is 13.3. The van der Waals surface area contributed by atoms with Gasteiger partial charge >= 0.3 is 5.97 Å². The molecule has 1 unspecified atom stereocenters. The van der Waals surface area contributed by atoms with Gasteiger partial charge in [-0.1, -0.05) is 83.9 Å². The highest BCUT2D eigenvalue weighted by Gasteiger charge is 2.17. The van der Waals surface area contributed by atoms with Crippen LogP contribution >= 0.6 is 24.0 Å². The van der Waals surface area contributed by atoms with Crippen LogP contribution in [0.2, 0.25) is 0 Å². The van der Waals surface area contributed by atoms with Crippen LogP contribution in [0.25, 0.3) is 0 Å².